The van der Waals surface area contributed by atoms with E-state index < -0.39 is 0 Å². The lowest BCUT2D eigenvalue weighted by Crippen LogP contribution is -2.31. The third-order valence-corrected chi connectivity index (χ3v) is 5.16. The second kappa shape index (κ2) is 9.32. The van der Waals surface area contributed by atoms with Crippen LogP contribution in [0.25, 0.3) is 0 Å². The van der Waals surface area contributed by atoms with E-state index in [0.717, 1.165) is 36.8 Å². The molecule has 1 aromatic heterocycles. The molecule has 132 valence electrons. The first-order valence-corrected chi connectivity index (χ1v) is 9.74. The Morgan fingerprint density at radius 2 is 1.92 bits per heavy atom. The second-order valence-corrected chi connectivity index (χ2v) is 7.13. The average Bonchev–Trinajstić information content (AvgIpc) is 3.17. The van der Waals surface area contributed by atoms with E-state index in [2.05, 4.69) is 32.7 Å². The molecule has 0 bridgehead atoms. The van der Waals surface area contributed by atoms with Crippen molar-refractivity contribution in [3.63, 3.8) is 0 Å². The zero-order valence-electron chi connectivity index (χ0n) is 14.3. The van der Waals surface area contributed by atoms with Gasteiger partial charge in [-0.25, -0.2) is 9.78 Å². The summed E-state index contributed by atoms with van der Waals surface area (Å²) in [7, 11) is 0. The van der Waals surface area contributed by atoms with Crippen molar-refractivity contribution < 1.29 is 4.79 Å². The number of aromatic nitrogens is 1. The molecule has 0 unspecified atom stereocenters. The van der Waals surface area contributed by atoms with Crippen LogP contribution in [0.2, 0.25) is 0 Å². The van der Waals surface area contributed by atoms with Gasteiger partial charge < -0.3 is 15.5 Å². The molecule has 2 aromatic rings. The van der Waals surface area contributed by atoms with E-state index in [1.807, 2.05) is 30.3 Å². The van der Waals surface area contributed by atoms with Crippen molar-refractivity contribution in [2.24, 2.45) is 0 Å². The first kappa shape index (κ1) is 17.6. The van der Waals surface area contributed by atoms with Crippen molar-refractivity contribution in [3.8, 4) is 0 Å². The monoisotopic (exact) mass is 356 g/mol. The molecule has 3 rings (SSSR count). The molecular formula is C19H24N4OS. The number of hydrogen-bond acceptors (Lipinski definition) is 4. The zero-order valence-corrected chi connectivity index (χ0v) is 15.1. The van der Waals surface area contributed by atoms with E-state index in [0.29, 0.717) is 6.54 Å². The molecule has 1 saturated heterocycles. The summed E-state index contributed by atoms with van der Waals surface area (Å²) >= 11 is 1.81. The molecule has 0 aliphatic carbocycles. The lowest BCUT2D eigenvalue weighted by molar-refractivity contribution is 0.252. The topological polar surface area (TPSA) is 57.3 Å². The van der Waals surface area contributed by atoms with Crippen LogP contribution in [-0.4, -0.2) is 36.4 Å². The largest absolute Gasteiger partial charge is 0.355 e. The van der Waals surface area contributed by atoms with Gasteiger partial charge in [0.1, 0.15) is 0 Å². The minimum Gasteiger partial charge on any atom is -0.355 e. The number of anilines is 2. The number of thioether (sulfide) groups is 1. The third-order valence-electron chi connectivity index (χ3n) is 4.06. The van der Waals surface area contributed by atoms with Crippen LogP contribution in [0.5, 0.6) is 0 Å². The van der Waals surface area contributed by atoms with Crippen molar-refractivity contribution in [3.05, 3.63) is 48.7 Å². The molecule has 2 N–H and O–H groups in total. The summed E-state index contributed by atoms with van der Waals surface area (Å²) < 4.78 is 0. The molecule has 0 radical (unpaired) electrons. The van der Waals surface area contributed by atoms with Gasteiger partial charge in [0.05, 0.1) is 5.69 Å². The molecular weight excluding hydrogens is 332 g/mol. The van der Waals surface area contributed by atoms with E-state index >= 15 is 0 Å². The number of carbonyl (C=O) groups excluding carboxylic acids is 1. The minimum absolute atomic E-state index is 0.168. The van der Waals surface area contributed by atoms with E-state index in [1.54, 1.807) is 18.0 Å². The number of amides is 2. The molecule has 1 aliphatic rings. The standard InChI is InChI=1S/C19H24N4OS/c24-19(21-12-7-15-25-16-8-2-1-3-9-16)22-17-10-6-11-20-18(17)23-13-4-5-14-23/h1-3,6,8-11H,4-5,7,12-15H2,(H2,21,22,24). The van der Waals surface area contributed by atoms with E-state index in [-0.39, 0.29) is 6.03 Å². The number of urea groups is 1. The Bertz CT molecular complexity index is 674. The lowest BCUT2D eigenvalue weighted by Gasteiger charge is -2.20. The molecule has 0 saturated carbocycles. The number of hydrogen-bond donors (Lipinski definition) is 2. The fraction of sp³-hybridized carbons (Fsp3) is 0.368. The Kier molecular flexibility index (Phi) is 6.56. The quantitative estimate of drug-likeness (QED) is 0.582. The maximum atomic E-state index is 12.1. The van der Waals surface area contributed by atoms with Gasteiger partial charge in [-0.15, -0.1) is 11.8 Å². The molecule has 1 aliphatic heterocycles. The Balaban J connectivity index is 1.41. The van der Waals surface area contributed by atoms with Crippen molar-refractivity contribution in [2.45, 2.75) is 24.2 Å². The van der Waals surface area contributed by atoms with Crippen LogP contribution in [0.3, 0.4) is 0 Å². The van der Waals surface area contributed by atoms with Gasteiger partial charge >= 0.3 is 6.03 Å². The number of carbonyl (C=O) groups is 1. The molecule has 6 heteroatoms. The summed E-state index contributed by atoms with van der Waals surface area (Å²) in [5, 5.41) is 5.86. The SMILES string of the molecule is O=C(NCCCSc1ccccc1)Nc1cccnc1N1CCCC1. The highest BCUT2D eigenvalue weighted by Gasteiger charge is 2.17. The highest BCUT2D eigenvalue weighted by atomic mass is 32.2. The molecule has 1 fully saturated rings. The van der Waals surface area contributed by atoms with Gasteiger partial charge in [0.15, 0.2) is 5.82 Å². The van der Waals surface area contributed by atoms with Gasteiger partial charge in [0.25, 0.3) is 0 Å². The third kappa shape index (κ3) is 5.39. The summed E-state index contributed by atoms with van der Waals surface area (Å²) in [6.07, 6.45) is 5.07. The van der Waals surface area contributed by atoms with Crippen molar-refractivity contribution in [2.75, 3.05) is 35.6 Å². The van der Waals surface area contributed by atoms with Crippen molar-refractivity contribution >= 4 is 29.3 Å². The number of nitrogens with one attached hydrogen (secondary N) is 2. The smallest absolute Gasteiger partial charge is 0.319 e. The summed E-state index contributed by atoms with van der Waals surface area (Å²) in [5.74, 6) is 1.85. The predicted molar refractivity (Wildman–Crippen MR) is 104 cm³/mol. The Hall–Kier alpha value is -2.21. The zero-order chi connectivity index (χ0) is 17.3. The molecule has 5 nitrogen and oxygen atoms in total. The van der Waals surface area contributed by atoms with Crippen LogP contribution in [0.1, 0.15) is 19.3 Å². The van der Waals surface area contributed by atoms with Crippen molar-refractivity contribution in [1.29, 1.82) is 0 Å². The normalized spacial score (nSPS) is 13.7. The van der Waals surface area contributed by atoms with Gasteiger partial charge in [-0.2, -0.15) is 0 Å². The first-order valence-electron chi connectivity index (χ1n) is 8.75. The van der Waals surface area contributed by atoms with Crippen LogP contribution < -0.4 is 15.5 Å². The Morgan fingerprint density at radius 3 is 2.72 bits per heavy atom. The number of rotatable bonds is 7. The highest BCUT2D eigenvalue weighted by molar-refractivity contribution is 7.99. The minimum atomic E-state index is -0.168. The van der Waals surface area contributed by atoms with Crippen LogP contribution in [0.15, 0.2) is 53.6 Å². The number of pyridine rings is 1. The lowest BCUT2D eigenvalue weighted by atomic mass is 10.3. The predicted octanol–water partition coefficient (Wildman–Crippen LogP) is 3.99. The molecule has 2 amide bonds. The summed E-state index contributed by atoms with van der Waals surface area (Å²) in [6.45, 7) is 2.67. The summed E-state index contributed by atoms with van der Waals surface area (Å²) in [4.78, 5) is 20.1. The molecule has 0 atom stereocenters. The number of nitrogens with zero attached hydrogens (tertiary/aromatic N) is 2. The van der Waals surface area contributed by atoms with Gasteiger partial charge in [-0.05, 0) is 49.3 Å². The Labute approximate surface area is 153 Å². The van der Waals surface area contributed by atoms with Crippen LogP contribution in [0.4, 0.5) is 16.3 Å². The Morgan fingerprint density at radius 1 is 1.12 bits per heavy atom. The van der Waals surface area contributed by atoms with Gasteiger partial charge in [-0.1, -0.05) is 18.2 Å². The van der Waals surface area contributed by atoms with Crippen LogP contribution >= 0.6 is 11.8 Å². The van der Waals surface area contributed by atoms with Crippen LogP contribution in [0, 0.1) is 0 Å². The highest BCUT2D eigenvalue weighted by Crippen LogP contribution is 2.25. The summed E-state index contributed by atoms with van der Waals surface area (Å²) in [6, 6.07) is 13.9. The molecule has 0 spiro atoms. The van der Waals surface area contributed by atoms with E-state index in [4.69, 9.17) is 0 Å². The number of benzene rings is 1. The van der Waals surface area contributed by atoms with Gasteiger partial charge in [-0.3, -0.25) is 0 Å². The van der Waals surface area contributed by atoms with Gasteiger partial charge in [0, 0.05) is 30.7 Å². The van der Waals surface area contributed by atoms with E-state index in [9.17, 15) is 4.79 Å². The molecule has 1 aromatic carbocycles. The maximum Gasteiger partial charge on any atom is 0.319 e. The van der Waals surface area contributed by atoms with Crippen LogP contribution in [-0.2, 0) is 0 Å². The summed E-state index contributed by atoms with van der Waals surface area (Å²) in [5.41, 5.74) is 0.778. The van der Waals surface area contributed by atoms with Gasteiger partial charge in [0.2, 0.25) is 0 Å². The average molecular weight is 356 g/mol. The first-order chi connectivity index (χ1) is 12.3. The second-order valence-electron chi connectivity index (χ2n) is 5.96. The van der Waals surface area contributed by atoms with Crippen molar-refractivity contribution in [1.82, 2.24) is 10.3 Å². The fourth-order valence-corrected chi connectivity index (χ4v) is 3.70. The molecule has 2 heterocycles. The van der Waals surface area contributed by atoms with E-state index in [1.165, 1.54) is 17.7 Å². The maximum absolute atomic E-state index is 12.1. The fourth-order valence-electron chi connectivity index (χ4n) is 2.82. The molecule has 25 heavy (non-hydrogen) atoms.